The maximum Gasteiger partial charge on any atom is 0.237 e. The van der Waals surface area contributed by atoms with E-state index in [0.29, 0.717) is 12.1 Å². The maximum atomic E-state index is 11.9. The van der Waals surface area contributed by atoms with Crippen LogP contribution in [-0.4, -0.2) is 42.0 Å². The van der Waals surface area contributed by atoms with E-state index < -0.39 is 5.54 Å². The van der Waals surface area contributed by atoms with Gasteiger partial charge in [0.2, 0.25) is 5.91 Å². The molecular weight excluding hydrogens is 238 g/mol. The Morgan fingerprint density at radius 3 is 2.63 bits per heavy atom. The zero-order valence-corrected chi connectivity index (χ0v) is 12.2. The Labute approximate surface area is 116 Å². The molecule has 1 amide bonds. The summed E-state index contributed by atoms with van der Waals surface area (Å²) in [6.45, 7) is 3.51. The first-order valence-electron chi connectivity index (χ1n) is 7.78. The van der Waals surface area contributed by atoms with Crippen molar-refractivity contribution in [2.45, 2.75) is 63.1 Å². The Balaban J connectivity index is 1.58. The Bertz CT molecular complexity index is 368. The summed E-state index contributed by atoms with van der Waals surface area (Å²) < 4.78 is 0. The Hall–Kier alpha value is -0.610. The molecule has 0 aromatic rings. The number of amides is 1. The first-order chi connectivity index (χ1) is 9.00. The van der Waals surface area contributed by atoms with Gasteiger partial charge in [0.25, 0.3) is 0 Å². The predicted octanol–water partition coefficient (Wildman–Crippen LogP) is 1.10. The van der Waals surface area contributed by atoms with E-state index in [1.807, 2.05) is 0 Å². The number of nitrogens with zero attached hydrogens (tertiary/aromatic N) is 1. The minimum absolute atomic E-state index is 0.143. The molecule has 0 spiro atoms. The highest BCUT2D eigenvalue weighted by Crippen LogP contribution is 2.41. The van der Waals surface area contributed by atoms with E-state index in [-0.39, 0.29) is 5.91 Å². The normalized spacial score (nSPS) is 41.7. The lowest BCUT2D eigenvalue weighted by molar-refractivity contribution is -0.124. The molecule has 3 rings (SSSR count). The lowest BCUT2D eigenvalue weighted by Gasteiger charge is -2.30. The molecule has 0 saturated heterocycles. The number of primary amides is 1. The lowest BCUT2D eigenvalue weighted by Crippen LogP contribution is -2.55. The van der Waals surface area contributed by atoms with Crippen molar-refractivity contribution in [1.82, 2.24) is 10.2 Å². The number of hydrogen-bond donors (Lipinski definition) is 2. The van der Waals surface area contributed by atoms with Gasteiger partial charge in [-0.2, -0.15) is 0 Å². The third-order valence-electron chi connectivity index (χ3n) is 5.44. The molecule has 0 radical (unpaired) electrons. The average Bonchev–Trinajstić information content (AvgIpc) is 3.22. The van der Waals surface area contributed by atoms with Crippen molar-refractivity contribution in [3.63, 3.8) is 0 Å². The van der Waals surface area contributed by atoms with Gasteiger partial charge >= 0.3 is 0 Å². The zero-order chi connectivity index (χ0) is 13.6. The van der Waals surface area contributed by atoms with Crippen LogP contribution in [0.2, 0.25) is 0 Å². The number of nitrogens with one attached hydrogen (secondary N) is 1. The molecule has 19 heavy (non-hydrogen) atoms. The third kappa shape index (κ3) is 2.79. The van der Waals surface area contributed by atoms with E-state index >= 15 is 0 Å². The summed E-state index contributed by atoms with van der Waals surface area (Å²) in [7, 11) is 2.21. The first-order valence-corrected chi connectivity index (χ1v) is 7.78. The first kappa shape index (κ1) is 13.4. The summed E-state index contributed by atoms with van der Waals surface area (Å²) in [6, 6.07) is 1.06. The van der Waals surface area contributed by atoms with Gasteiger partial charge < -0.3 is 16.0 Å². The highest BCUT2D eigenvalue weighted by Gasteiger charge is 2.48. The number of carbonyl (C=O) groups is 1. The van der Waals surface area contributed by atoms with Gasteiger partial charge in [-0.1, -0.05) is 6.92 Å². The molecule has 4 unspecified atom stereocenters. The van der Waals surface area contributed by atoms with Crippen LogP contribution in [0.5, 0.6) is 0 Å². The Kier molecular flexibility index (Phi) is 3.34. The van der Waals surface area contributed by atoms with Gasteiger partial charge in [-0.05, 0) is 57.4 Å². The summed E-state index contributed by atoms with van der Waals surface area (Å²) in [6.07, 6.45) is 6.69. The molecule has 3 saturated carbocycles. The highest BCUT2D eigenvalue weighted by molar-refractivity contribution is 5.85. The molecule has 0 aromatic heterocycles. The van der Waals surface area contributed by atoms with Crippen LogP contribution in [0.25, 0.3) is 0 Å². The van der Waals surface area contributed by atoms with Crippen molar-refractivity contribution in [3.05, 3.63) is 0 Å². The monoisotopic (exact) mass is 265 g/mol. The van der Waals surface area contributed by atoms with E-state index in [2.05, 4.69) is 24.2 Å². The second-order valence-electron chi connectivity index (χ2n) is 7.17. The van der Waals surface area contributed by atoms with E-state index in [4.69, 9.17) is 5.73 Å². The molecule has 4 heteroatoms. The number of carbonyl (C=O) groups excluding carboxylic acids is 1. The zero-order valence-electron chi connectivity index (χ0n) is 12.2. The summed E-state index contributed by atoms with van der Waals surface area (Å²) in [4.78, 5) is 14.3. The van der Waals surface area contributed by atoms with Crippen LogP contribution in [-0.2, 0) is 4.79 Å². The van der Waals surface area contributed by atoms with Crippen LogP contribution >= 0.6 is 0 Å². The summed E-state index contributed by atoms with van der Waals surface area (Å²) in [5, 5.41) is 3.53. The molecule has 0 heterocycles. The standard InChI is InChI=1S/C15H27N3O/c1-10-7-11(10)9-18(2)13-5-6-15(8-13,14(16)19)17-12-3-4-12/h10-13,17H,3-9H2,1-2H3,(H2,16,19). The smallest absolute Gasteiger partial charge is 0.237 e. The van der Waals surface area contributed by atoms with Gasteiger partial charge in [0, 0.05) is 18.6 Å². The summed E-state index contributed by atoms with van der Waals surface area (Å²) in [5.74, 6) is 1.63. The Morgan fingerprint density at radius 1 is 1.42 bits per heavy atom. The van der Waals surface area contributed by atoms with Crippen molar-refractivity contribution in [1.29, 1.82) is 0 Å². The molecule has 4 nitrogen and oxygen atoms in total. The van der Waals surface area contributed by atoms with Crippen molar-refractivity contribution in [2.24, 2.45) is 17.6 Å². The number of rotatable bonds is 6. The minimum Gasteiger partial charge on any atom is -0.368 e. The molecule has 3 aliphatic carbocycles. The molecular formula is C15H27N3O. The molecule has 0 aliphatic heterocycles. The van der Waals surface area contributed by atoms with E-state index in [1.54, 1.807) is 0 Å². The van der Waals surface area contributed by atoms with E-state index in [9.17, 15) is 4.79 Å². The van der Waals surface area contributed by atoms with Gasteiger partial charge in [-0.3, -0.25) is 4.79 Å². The molecule has 4 atom stereocenters. The van der Waals surface area contributed by atoms with Gasteiger partial charge in [0.15, 0.2) is 0 Å². The fourth-order valence-corrected chi connectivity index (χ4v) is 3.61. The quantitative estimate of drug-likeness (QED) is 0.756. The molecule has 3 aliphatic rings. The highest BCUT2D eigenvalue weighted by atomic mass is 16.1. The summed E-state index contributed by atoms with van der Waals surface area (Å²) in [5.41, 5.74) is 5.27. The minimum atomic E-state index is -0.421. The van der Waals surface area contributed by atoms with Crippen molar-refractivity contribution in [3.8, 4) is 0 Å². The van der Waals surface area contributed by atoms with Crippen LogP contribution in [0.3, 0.4) is 0 Å². The topological polar surface area (TPSA) is 58.4 Å². The number of hydrogen-bond acceptors (Lipinski definition) is 3. The fraction of sp³-hybridized carbons (Fsp3) is 0.933. The largest absolute Gasteiger partial charge is 0.368 e. The van der Waals surface area contributed by atoms with Crippen LogP contribution < -0.4 is 11.1 Å². The fourth-order valence-electron chi connectivity index (χ4n) is 3.61. The van der Waals surface area contributed by atoms with Gasteiger partial charge in [0.1, 0.15) is 0 Å². The average molecular weight is 265 g/mol. The molecule has 108 valence electrons. The molecule has 0 bridgehead atoms. The second kappa shape index (κ2) is 4.74. The molecule has 0 aromatic carbocycles. The van der Waals surface area contributed by atoms with Gasteiger partial charge in [0.05, 0.1) is 5.54 Å². The SMILES string of the molecule is CC1CC1CN(C)C1CCC(NC2CC2)(C(N)=O)C1. The van der Waals surface area contributed by atoms with Crippen LogP contribution in [0.1, 0.15) is 45.4 Å². The Morgan fingerprint density at radius 2 is 2.11 bits per heavy atom. The third-order valence-corrected chi connectivity index (χ3v) is 5.44. The lowest BCUT2D eigenvalue weighted by atomic mass is 9.96. The van der Waals surface area contributed by atoms with Crippen LogP contribution in [0.15, 0.2) is 0 Å². The van der Waals surface area contributed by atoms with E-state index in [0.717, 1.165) is 31.1 Å². The predicted molar refractivity (Wildman–Crippen MR) is 75.6 cm³/mol. The van der Waals surface area contributed by atoms with Gasteiger partial charge in [-0.25, -0.2) is 0 Å². The van der Waals surface area contributed by atoms with Crippen molar-refractivity contribution >= 4 is 5.91 Å². The molecule has 3 N–H and O–H groups in total. The van der Waals surface area contributed by atoms with E-state index in [1.165, 1.54) is 25.8 Å². The van der Waals surface area contributed by atoms with Crippen molar-refractivity contribution < 1.29 is 4.79 Å². The van der Waals surface area contributed by atoms with Crippen LogP contribution in [0, 0.1) is 11.8 Å². The van der Waals surface area contributed by atoms with Gasteiger partial charge in [-0.15, -0.1) is 0 Å². The number of nitrogens with two attached hydrogens (primary N) is 1. The van der Waals surface area contributed by atoms with Crippen LogP contribution in [0.4, 0.5) is 0 Å². The van der Waals surface area contributed by atoms with Crippen molar-refractivity contribution in [2.75, 3.05) is 13.6 Å². The maximum absolute atomic E-state index is 11.9. The molecule has 3 fully saturated rings. The second-order valence-corrected chi connectivity index (χ2v) is 7.17. The summed E-state index contributed by atoms with van der Waals surface area (Å²) >= 11 is 0.